The summed E-state index contributed by atoms with van der Waals surface area (Å²) in [4.78, 5) is 15.3. The second-order valence-electron chi connectivity index (χ2n) is 10.9. The maximum absolute atomic E-state index is 13.1. The number of nitrogens with zero attached hydrogens (tertiary/aromatic N) is 1. The maximum Gasteiger partial charge on any atom is 0.319 e. The van der Waals surface area contributed by atoms with Crippen LogP contribution in [-0.2, 0) is 18.3 Å². The minimum Gasteiger partial charge on any atom is -0.378 e. The number of hydrogen-bond acceptors (Lipinski definition) is 2. The first-order chi connectivity index (χ1) is 15.7. The molecular formula is C29H43N3O. The first-order valence-corrected chi connectivity index (χ1v) is 12.6. The number of carbonyl (C=O) groups is 1. The van der Waals surface area contributed by atoms with E-state index < -0.39 is 0 Å². The van der Waals surface area contributed by atoms with Gasteiger partial charge in [0.2, 0.25) is 0 Å². The molecule has 1 saturated carbocycles. The molecule has 2 aromatic carbocycles. The fourth-order valence-electron chi connectivity index (χ4n) is 5.17. The minimum absolute atomic E-state index is 0.0282. The number of hydrogen-bond donors (Lipinski definition) is 2. The highest BCUT2D eigenvalue weighted by Crippen LogP contribution is 2.41. The fourth-order valence-corrected chi connectivity index (χ4v) is 5.17. The van der Waals surface area contributed by atoms with Gasteiger partial charge in [0.05, 0.1) is 0 Å². The number of anilines is 2. The van der Waals surface area contributed by atoms with E-state index in [1.165, 1.54) is 35.2 Å². The van der Waals surface area contributed by atoms with Gasteiger partial charge in [0, 0.05) is 37.4 Å². The van der Waals surface area contributed by atoms with Gasteiger partial charge in [-0.15, -0.1) is 0 Å². The Hall–Kier alpha value is -2.49. The Morgan fingerprint density at radius 3 is 1.94 bits per heavy atom. The zero-order chi connectivity index (χ0) is 24.0. The van der Waals surface area contributed by atoms with Crippen molar-refractivity contribution >= 4 is 17.4 Å². The zero-order valence-corrected chi connectivity index (χ0v) is 21.5. The van der Waals surface area contributed by atoms with E-state index in [0.29, 0.717) is 18.4 Å². The van der Waals surface area contributed by atoms with Crippen molar-refractivity contribution in [3.05, 3.63) is 59.2 Å². The van der Waals surface area contributed by atoms with E-state index in [1.807, 2.05) is 0 Å². The molecule has 1 aliphatic rings. The molecule has 0 bridgehead atoms. The highest BCUT2D eigenvalue weighted by molar-refractivity contribution is 5.91. The van der Waals surface area contributed by atoms with Crippen molar-refractivity contribution in [1.29, 1.82) is 0 Å². The van der Waals surface area contributed by atoms with Crippen LogP contribution in [0.25, 0.3) is 0 Å². The van der Waals surface area contributed by atoms with Crippen LogP contribution in [0.3, 0.4) is 0 Å². The molecule has 3 rings (SSSR count). The predicted molar refractivity (Wildman–Crippen MR) is 141 cm³/mol. The van der Waals surface area contributed by atoms with Crippen molar-refractivity contribution in [3.63, 3.8) is 0 Å². The van der Waals surface area contributed by atoms with Crippen LogP contribution in [0.5, 0.6) is 0 Å². The molecule has 180 valence electrons. The van der Waals surface area contributed by atoms with Gasteiger partial charge in [0.1, 0.15) is 0 Å². The number of urea groups is 1. The van der Waals surface area contributed by atoms with Gasteiger partial charge in [0.25, 0.3) is 0 Å². The average Bonchev–Trinajstić information content (AvgIpc) is 3.24. The van der Waals surface area contributed by atoms with Crippen LogP contribution in [0.1, 0.15) is 70.1 Å². The molecule has 2 amide bonds. The first-order valence-electron chi connectivity index (χ1n) is 12.6. The van der Waals surface area contributed by atoms with Gasteiger partial charge in [-0.2, -0.15) is 0 Å². The summed E-state index contributed by atoms with van der Waals surface area (Å²) in [5, 5.41) is 6.50. The molecule has 0 saturated heterocycles. The molecule has 0 heterocycles. The quantitative estimate of drug-likeness (QED) is 0.443. The van der Waals surface area contributed by atoms with Crippen LogP contribution in [-0.4, -0.2) is 26.7 Å². The summed E-state index contributed by atoms with van der Waals surface area (Å²) in [6, 6.07) is 15.2. The number of nitrogens with one attached hydrogen (secondary N) is 2. The van der Waals surface area contributed by atoms with E-state index in [1.54, 1.807) is 0 Å². The lowest BCUT2D eigenvalue weighted by molar-refractivity contribution is 0.248. The van der Waals surface area contributed by atoms with Crippen molar-refractivity contribution in [3.8, 4) is 0 Å². The maximum atomic E-state index is 13.1. The molecule has 0 atom stereocenters. The Morgan fingerprint density at radius 2 is 1.45 bits per heavy atom. The summed E-state index contributed by atoms with van der Waals surface area (Å²) in [6.45, 7) is 9.58. The molecular weight excluding hydrogens is 406 g/mol. The number of para-hydroxylation sites is 1. The molecule has 2 N–H and O–H groups in total. The summed E-state index contributed by atoms with van der Waals surface area (Å²) in [7, 11) is 4.13. The lowest BCUT2D eigenvalue weighted by Gasteiger charge is -2.31. The average molecular weight is 450 g/mol. The van der Waals surface area contributed by atoms with Crippen LogP contribution >= 0.6 is 0 Å². The first kappa shape index (κ1) is 25.1. The Kier molecular flexibility index (Phi) is 8.45. The van der Waals surface area contributed by atoms with Gasteiger partial charge in [-0.3, -0.25) is 0 Å². The Morgan fingerprint density at radius 1 is 0.909 bits per heavy atom. The number of carbonyl (C=O) groups excluding carboxylic acids is 1. The van der Waals surface area contributed by atoms with E-state index in [2.05, 4.69) is 99.8 Å². The third-order valence-corrected chi connectivity index (χ3v) is 6.88. The Bertz CT molecular complexity index is 881. The fraction of sp³-hybridized carbons (Fsp3) is 0.552. The third kappa shape index (κ3) is 6.52. The molecule has 0 radical (unpaired) electrons. The van der Waals surface area contributed by atoms with Crippen molar-refractivity contribution < 1.29 is 4.79 Å². The smallest absolute Gasteiger partial charge is 0.319 e. The highest BCUT2D eigenvalue weighted by atomic mass is 16.2. The SMILES string of the molecule is CC(C)Cc1cccc(CC(C)C)c1NC(=O)NCC1(c2ccc(N(C)C)cc2)CCCC1. The lowest BCUT2D eigenvalue weighted by Crippen LogP contribution is -2.41. The molecule has 2 aromatic rings. The van der Waals surface area contributed by atoms with Gasteiger partial charge in [-0.05, 0) is 66.3 Å². The van der Waals surface area contributed by atoms with E-state index in [9.17, 15) is 4.79 Å². The standard InChI is InChI=1S/C29H43N3O/c1-21(2)18-23-10-9-11-24(19-22(3)4)27(23)31-28(33)30-20-29(16-7-8-17-29)25-12-14-26(15-13-25)32(5)6/h9-15,21-22H,7-8,16-20H2,1-6H3,(H2,30,31,33). The molecule has 33 heavy (non-hydrogen) atoms. The van der Waals surface area contributed by atoms with Gasteiger partial charge in [-0.25, -0.2) is 4.79 Å². The molecule has 4 nitrogen and oxygen atoms in total. The molecule has 4 heteroatoms. The van der Waals surface area contributed by atoms with Gasteiger partial charge in [-0.1, -0.05) is 70.9 Å². The van der Waals surface area contributed by atoms with Crippen LogP contribution < -0.4 is 15.5 Å². The van der Waals surface area contributed by atoms with Gasteiger partial charge < -0.3 is 15.5 Å². The molecule has 0 aromatic heterocycles. The predicted octanol–water partition coefficient (Wildman–Crippen LogP) is 6.78. The monoisotopic (exact) mass is 449 g/mol. The summed E-state index contributed by atoms with van der Waals surface area (Å²) in [6.07, 6.45) is 6.60. The van der Waals surface area contributed by atoms with Gasteiger partial charge >= 0.3 is 6.03 Å². The Balaban J connectivity index is 1.76. The van der Waals surface area contributed by atoms with Gasteiger partial charge in [0.15, 0.2) is 0 Å². The van der Waals surface area contributed by atoms with Crippen LogP contribution in [0.2, 0.25) is 0 Å². The summed E-state index contributed by atoms with van der Waals surface area (Å²) >= 11 is 0. The van der Waals surface area contributed by atoms with Crippen LogP contribution in [0.4, 0.5) is 16.2 Å². The second-order valence-corrected chi connectivity index (χ2v) is 10.9. The zero-order valence-electron chi connectivity index (χ0n) is 21.5. The topological polar surface area (TPSA) is 44.4 Å². The van der Waals surface area contributed by atoms with E-state index in [0.717, 1.165) is 31.4 Å². The van der Waals surface area contributed by atoms with Crippen molar-refractivity contribution in [2.75, 3.05) is 30.9 Å². The lowest BCUT2D eigenvalue weighted by atomic mass is 9.78. The molecule has 0 aliphatic heterocycles. The summed E-state index contributed by atoms with van der Waals surface area (Å²) in [5.74, 6) is 1.07. The third-order valence-electron chi connectivity index (χ3n) is 6.88. The van der Waals surface area contributed by atoms with Crippen LogP contribution in [0.15, 0.2) is 42.5 Å². The van der Waals surface area contributed by atoms with E-state index in [-0.39, 0.29) is 11.4 Å². The van der Waals surface area contributed by atoms with E-state index >= 15 is 0 Å². The van der Waals surface area contributed by atoms with Crippen molar-refractivity contribution in [2.45, 2.75) is 71.6 Å². The summed E-state index contributed by atoms with van der Waals surface area (Å²) in [5.41, 5.74) is 6.04. The van der Waals surface area contributed by atoms with E-state index in [4.69, 9.17) is 0 Å². The number of benzene rings is 2. The minimum atomic E-state index is -0.0904. The molecule has 0 spiro atoms. The normalized spacial score (nSPS) is 15.2. The number of rotatable bonds is 9. The largest absolute Gasteiger partial charge is 0.378 e. The molecule has 1 fully saturated rings. The van der Waals surface area contributed by atoms with Crippen molar-refractivity contribution in [1.82, 2.24) is 5.32 Å². The van der Waals surface area contributed by atoms with Crippen molar-refractivity contribution in [2.24, 2.45) is 11.8 Å². The van der Waals surface area contributed by atoms with Crippen LogP contribution in [0, 0.1) is 11.8 Å². The summed E-state index contributed by atoms with van der Waals surface area (Å²) < 4.78 is 0. The highest BCUT2D eigenvalue weighted by Gasteiger charge is 2.36. The Labute approximate surface area is 201 Å². The molecule has 0 unspecified atom stereocenters. The number of amides is 2. The molecule has 1 aliphatic carbocycles. The second kappa shape index (κ2) is 11.1.